The maximum atomic E-state index is 9.95. The van der Waals surface area contributed by atoms with Crippen LogP contribution in [0.5, 0.6) is 5.75 Å². The lowest BCUT2D eigenvalue weighted by atomic mass is 10.2. The first-order valence-corrected chi connectivity index (χ1v) is 7.23. The van der Waals surface area contributed by atoms with Crippen molar-refractivity contribution in [1.29, 1.82) is 5.26 Å². The average Bonchev–Trinajstić information content (AvgIpc) is 2.51. The molecule has 116 valence electrons. The molecule has 0 aromatic heterocycles. The van der Waals surface area contributed by atoms with Crippen molar-refractivity contribution in [2.75, 3.05) is 26.9 Å². The molecule has 0 heterocycles. The highest BCUT2D eigenvalue weighted by Gasteiger charge is 2.11. The minimum Gasteiger partial charge on any atom is -0.489 e. The molecular weight excluding hydrogens is 268 g/mol. The summed E-state index contributed by atoms with van der Waals surface area (Å²) in [6.45, 7) is 3.32. The number of hydrogen-bond donors (Lipinski definition) is 2. The molecule has 1 aromatic rings. The number of methoxy groups -OCH3 is 1. The number of ether oxygens (including phenoxy) is 2. The smallest absolute Gasteiger partial charge is 0.137 e. The first kappa shape index (κ1) is 17.4. The number of hydrogen-bond acceptors (Lipinski definition) is 5. The SMILES string of the molecule is CCCC(COC)NCC(O)COc1ccccc1C#N. The van der Waals surface area contributed by atoms with E-state index < -0.39 is 6.10 Å². The molecule has 5 heteroatoms. The quantitative estimate of drug-likeness (QED) is 0.686. The topological polar surface area (TPSA) is 74.5 Å². The third kappa shape index (κ3) is 6.58. The Morgan fingerprint density at radius 2 is 2.10 bits per heavy atom. The number of aliphatic hydroxyl groups excluding tert-OH is 1. The first-order chi connectivity index (χ1) is 10.2. The molecule has 0 aliphatic carbocycles. The summed E-state index contributed by atoms with van der Waals surface area (Å²) in [7, 11) is 1.67. The van der Waals surface area contributed by atoms with Crippen LogP contribution in [0.3, 0.4) is 0 Å². The average molecular weight is 292 g/mol. The number of nitriles is 1. The summed E-state index contributed by atoms with van der Waals surface area (Å²) < 4.78 is 10.6. The number of nitrogens with zero attached hydrogens (tertiary/aromatic N) is 1. The summed E-state index contributed by atoms with van der Waals surface area (Å²) in [6.07, 6.45) is 1.43. The molecule has 0 fully saturated rings. The number of rotatable bonds is 10. The third-order valence-electron chi connectivity index (χ3n) is 3.09. The highest BCUT2D eigenvalue weighted by molar-refractivity contribution is 5.42. The molecule has 2 unspecified atom stereocenters. The Bertz CT molecular complexity index is 439. The van der Waals surface area contributed by atoms with Gasteiger partial charge in [0, 0.05) is 19.7 Å². The number of nitrogens with one attached hydrogen (secondary N) is 1. The van der Waals surface area contributed by atoms with E-state index in [2.05, 4.69) is 18.3 Å². The van der Waals surface area contributed by atoms with E-state index in [1.54, 1.807) is 31.4 Å². The van der Waals surface area contributed by atoms with Crippen LogP contribution in [0.1, 0.15) is 25.3 Å². The Morgan fingerprint density at radius 1 is 1.33 bits per heavy atom. The standard InChI is InChI=1S/C16H24N2O3/c1-3-6-14(11-20-2)18-10-15(19)12-21-16-8-5-4-7-13(16)9-17/h4-5,7-8,14-15,18-19H,3,6,10-12H2,1-2H3. The second kappa shape index (κ2) is 10.2. The Balaban J connectivity index is 2.36. The zero-order valence-corrected chi connectivity index (χ0v) is 12.7. The van der Waals surface area contributed by atoms with Gasteiger partial charge in [0.25, 0.3) is 0 Å². The van der Waals surface area contributed by atoms with Crippen molar-refractivity contribution in [3.63, 3.8) is 0 Å². The molecule has 0 aliphatic rings. The van der Waals surface area contributed by atoms with Crippen LogP contribution < -0.4 is 10.1 Å². The van der Waals surface area contributed by atoms with Gasteiger partial charge in [-0.1, -0.05) is 25.5 Å². The second-order valence-electron chi connectivity index (χ2n) is 4.92. The van der Waals surface area contributed by atoms with Crippen LogP contribution in [0.2, 0.25) is 0 Å². The zero-order chi connectivity index (χ0) is 15.5. The van der Waals surface area contributed by atoms with Gasteiger partial charge in [-0.3, -0.25) is 0 Å². The van der Waals surface area contributed by atoms with Crippen molar-refractivity contribution in [2.24, 2.45) is 0 Å². The third-order valence-corrected chi connectivity index (χ3v) is 3.09. The Labute approximate surface area is 126 Å². The molecule has 2 N–H and O–H groups in total. The molecule has 0 amide bonds. The zero-order valence-electron chi connectivity index (χ0n) is 12.7. The van der Waals surface area contributed by atoms with Crippen molar-refractivity contribution >= 4 is 0 Å². The molecule has 0 saturated carbocycles. The number of aliphatic hydroxyl groups is 1. The van der Waals surface area contributed by atoms with Crippen LogP contribution in [-0.4, -0.2) is 44.1 Å². The summed E-state index contributed by atoms with van der Waals surface area (Å²) in [6, 6.07) is 9.30. The number of benzene rings is 1. The molecule has 0 bridgehead atoms. The highest BCUT2D eigenvalue weighted by Crippen LogP contribution is 2.16. The molecule has 21 heavy (non-hydrogen) atoms. The molecule has 5 nitrogen and oxygen atoms in total. The minimum absolute atomic E-state index is 0.150. The van der Waals surface area contributed by atoms with E-state index in [4.69, 9.17) is 14.7 Å². The molecule has 0 radical (unpaired) electrons. The Morgan fingerprint density at radius 3 is 2.76 bits per heavy atom. The molecule has 1 aromatic carbocycles. The number of para-hydroxylation sites is 1. The lowest BCUT2D eigenvalue weighted by molar-refractivity contribution is 0.0945. The van der Waals surface area contributed by atoms with Gasteiger partial charge in [0.05, 0.1) is 12.2 Å². The fraction of sp³-hybridized carbons (Fsp3) is 0.562. The van der Waals surface area contributed by atoms with E-state index in [0.29, 0.717) is 24.5 Å². The molecule has 1 rings (SSSR count). The van der Waals surface area contributed by atoms with Gasteiger partial charge < -0.3 is 19.9 Å². The fourth-order valence-electron chi connectivity index (χ4n) is 2.03. The highest BCUT2D eigenvalue weighted by atomic mass is 16.5. The van der Waals surface area contributed by atoms with Crippen LogP contribution >= 0.6 is 0 Å². The largest absolute Gasteiger partial charge is 0.489 e. The van der Waals surface area contributed by atoms with Gasteiger partial charge in [-0.15, -0.1) is 0 Å². The van der Waals surface area contributed by atoms with Gasteiger partial charge in [0.15, 0.2) is 0 Å². The fourth-order valence-corrected chi connectivity index (χ4v) is 2.03. The van der Waals surface area contributed by atoms with Gasteiger partial charge >= 0.3 is 0 Å². The summed E-state index contributed by atoms with van der Waals surface area (Å²) in [5.74, 6) is 0.501. The van der Waals surface area contributed by atoms with E-state index in [-0.39, 0.29) is 12.6 Å². The first-order valence-electron chi connectivity index (χ1n) is 7.23. The van der Waals surface area contributed by atoms with Crippen LogP contribution in [0.15, 0.2) is 24.3 Å². The summed E-state index contributed by atoms with van der Waals surface area (Å²) in [5, 5.41) is 22.2. The van der Waals surface area contributed by atoms with Crippen LogP contribution in [-0.2, 0) is 4.74 Å². The van der Waals surface area contributed by atoms with Gasteiger partial charge in [-0.05, 0) is 18.6 Å². The van der Waals surface area contributed by atoms with Crippen molar-refractivity contribution in [1.82, 2.24) is 5.32 Å². The monoisotopic (exact) mass is 292 g/mol. The Hall–Kier alpha value is -1.61. The summed E-state index contributed by atoms with van der Waals surface area (Å²) in [5.41, 5.74) is 0.473. The molecule has 0 spiro atoms. The van der Waals surface area contributed by atoms with Crippen molar-refractivity contribution in [3.05, 3.63) is 29.8 Å². The van der Waals surface area contributed by atoms with Crippen LogP contribution in [0.4, 0.5) is 0 Å². The van der Waals surface area contributed by atoms with Crippen LogP contribution in [0, 0.1) is 11.3 Å². The van der Waals surface area contributed by atoms with Crippen molar-refractivity contribution in [2.45, 2.75) is 31.9 Å². The van der Waals surface area contributed by atoms with Gasteiger partial charge in [0.1, 0.15) is 24.5 Å². The maximum Gasteiger partial charge on any atom is 0.137 e. The van der Waals surface area contributed by atoms with E-state index in [0.717, 1.165) is 12.8 Å². The van der Waals surface area contributed by atoms with Crippen molar-refractivity contribution in [3.8, 4) is 11.8 Å². The maximum absolute atomic E-state index is 9.95. The van der Waals surface area contributed by atoms with Crippen molar-refractivity contribution < 1.29 is 14.6 Å². The van der Waals surface area contributed by atoms with Gasteiger partial charge in [-0.2, -0.15) is 5.26 Å². The second-order valence-corrected chi connectivity index (χ2v) is 4.92. The minimum atomic E-state index is -0.632. The Kier molecular flexibility index (Phi) is 8.44. The summed E-state index contributed by atoms with van der Waals surface area (Å²) in [4.78, 5) is 0. The molecule has 0 aliphatic heterocycles. The predicted octanol–water partition coefficient (Wildman–Crippen LogP) is 1.70. The van der Waals surface area contributed by atoms with E-state index in [1.165, 1.54) is 0 Å². The van der Waals surface area contributed by atoms with E-state index >= 15 is 0 Å². The van der Waals surface area contributed by atoms with Gasteiger partial charge in [-0.25, -0.2) is 0 Å². The van der Waals surface area contributed by atoms with Crippen LogP contribution in [0.25, 0.3) is 0 Å². The van der Waals surface area contributed by atoms with Gasteiger partial charge in [0.2, 0.25) is 0 Å². The normalized spacial score (nSPS) is 13.4. The predicted molar refractivity (Wildman–Crippen MR) is 81.2 cm³/mol. The van der Waals surface area contributed by atoms with E-state index in [1.807, 2.05) is 0 Å². The molecule has 0 saturated heterocycles. The summed E-state index contributed by atoms with van der Waals surface area (Å²) >= 11 is 0. The van der Waals surface area contributed by atoms with E-state index in [9.17, 15) is 5.11 Å². The lowest BCUT2D eigenvalue weighted by Crippen LogP contribution is -2.40. The lowest BCUT2D eigenvalue weighted by Gasteiger charge is -2.20. The molecule has 2 atom stereocenters. The molecular formula is C16H24N2O3.